The van der Waals surface area contributed by atoms with Crippen molar-refractivity contribution in [3.63, 3.8) is 0 Å². The van der Waals surface area contributed by atoms with Crippen LogP contribution in [0, 0.1) is 17.3 Å². The van der Waals surface area contributed by atoms with Crippen molar-refractivity contribution >= 4 is 25.1 Å². The number of hydrogen-bond acceptors (Lipinski definition) is 8. The number of carbonyl (C=O) groups is 3. The number of methoxy groups -OCH3 is 1. The molecule has 0 aromatic heterocycles. The van der Waals surface area contributed by atoms with Gasteiger partial charge in [-0.3, -0.25) is 9.69 Å². The zero-order chi connectivity index (χ0) is 37.0. The summed E-state index contributed by atoms with van der Waals surface area (Å²) in [5.41, 5.74) is 3.24. The van der Waals surface area contributed by atoms with Gasteiger partial charge >= 0.3 is 19.2 Å². The average molecular weight is 709 g/mol. The standard InChI is InChI=1S/C41H49BN2O8/c1-39(2,3)50-37(46)31-15-11-14-26(35(31)48-7)19-34(42-51-33-21-30-20-32(40(30,4)5)41(33,6)52-42)43-36(45)27-16-17-28-22-44(23-29(28)18-27)38(47)49-24-25-12-9-8-10-13-25/h8-18,30,32-34H,19-24H2,1-7H3,(H,43,45)/t30?,32?,33?,34-,41?/m0/s1. The van der Waals surface area contributed by atoms with Gasteiger partial charge in [0.1, 0.15) is 23.5 Å². The fourth-order valence-electron chi connectivity index (χ4n) is 8.73. The third-order valence-corrected chi connectivity index (χ3v) is 11.6. The second-order valence-corrected chi connectivity index (χ2v) is 16.5. The van der Waals surface area contributed by atoms with E-state index in [9.17, 15) is 14.4 Å². The van der Waals surface area contributed by atoms with E-state index in [0.717, 1.165) is 29.5 Å². The lowest BCUT2D eigenvalue weighted by molar-refractivity contribution is -0.199. The van der Waals surface area contributed by atoms with E-state index in [1.165, 1.54) is 7.11 Å². The van der Waals surface area contributed by atoms with E-state index in [1.54, 1.807) is 23.1 Å². The highest BCUT2D eigenvalue weighted by Crippen LogP contribution is 2.65. The van der Waals surface area contributed by atoms with Crippen LogP contribution >= 0.6 is 0 Å². The highest BCUT2D eigenvalue weighted by atomic mass is 16.7. The normalized spacial score (nSPS) is 24.6. The summed E-state index contributed by atoms with van der Waals surface area (Å²) in [6.07, 6.45) is 1.80. The zero-order valence-corrected chi connectivity index (χ0v) is 31.2. The van der Waals surface area contributed by atoms with E-state index in [4.69, 9.17) is 23.5 Å². The number of rotatable bonds is 9. The maximum atomic E-state index is 14.1. The quantitative estimate of drug-likeness (QED) is 0.189. The summed E-state index contributed by atoms with van der Waals surface area (Å²) < 4.78 is 30.6. The van der Waals surface area contributed by atoms with Gasteiger partial charge in [-0.05, 0) is 105 Å². The fourth-order valence-corrected chi connectivity index (χ4v) is 8.73. The monoisotopic (exact) mass is 708 g/mol. The van der Waals surface area contributed by atoms with Crippen molar-refractivity contribution in [3.05, 3.63) is 100 Å². The molecule has 52 heavy (non-hydrogen) atoms. The van der Waals surface area contributed by atoms with Crippen molar-refractivity contribution in [2.45, 2.75) is 104 Å². The minimum absolute atomic E-state index is 0.0868. The first kappa shape index (κ1) is 36.0. The van der Waals surface area contributed by atoms with Crippen LogP contribution in [-0.2, 0) is 44.9 Å². The van der Waals surface area contributed by atoms with Gasteiger partial charge in [-0.1, -0.05) is 62.4 Å². The minimum Gasteiger partial charge on any atom is -0.496 e. The Labute approximate surface area is 306 Å². The molecule has 1 N–H and O–H groups in total. The van der Waals surface area contributed by atoms with Crippen LogP contribution in [0.25, 0.3) is 0 Å². The van der Waals surface area contributed by atoms with Gasteiger partial charge in [0, 0.05) is 18.7 Å². The Balaban J connectivity index is 1.11. The fraction of sp³-hybridized carbons (Fsp3) is 0.488. The van der Waals surface area contributed by atoms with Gasteiger partial charge in [-0.2, -0.15) is 0 Å². The summed E-state index contributed by atoms with van der Waals surface area (Å²) in [5.74, 6) is -0.102. The molecule has 4 fully saturated rings. The molecular formula is C41H49BN2O8. The van der Waals surface area contributed by atoms with Gasteiger partial charge in [-0.25, -0.2) is 9.59 Å². The van der Waals surface area contributed by atoms with Crippen molar-refractivity contribution in [3.8, 4) is 5.75 Å². The topological polar surface area (TPSA) is 113 Å². The number of esters is 1. The number of carbonyl (C=O) groups excluding carboxylic acids is 3. The number of hydrogen-bond donors (Lipinski definition) is 1. The SMILES string of the molecule is COc1c(C[C@H](NC(=O)c2ccc3c(c2)CN(C(=O)OCc2ccccc2)C3)B2OC3CC4CC(C4(C)C)C3(C)O2)cccc1C(=O)OC(C)(C)C. The molecule has 3 aromatic rings. The summed E-state index contributed by atoms with van der Waals surface area (Å²) >= 11 is 0. The molecular weight excluding hydrogens is 659 g/mol. The van der Waals surface area contributed by atoms with E-state index in [0.29, 0.717) is 47.4 Å². The van der Waals surface area contributed by atoms with Crippen LogP contribution in [0.5, 0.6) is 5.75 Å². The van der Waals surface area contributed by atoms with E-state index >= 15 is 0 Å². The molecule has 11 heteroatoms. The van der Waals surface area contributed by atoms with Crippen LogP contribution in [-0.4, -0.2) is 60.3 Å². The lowest BCUT2D eigenvalue weighted by Crippen LogP contribution is -2.65. The van der Waals surface area contributed by atoms with E-state index in [-0.39, 0.29) is 30.5 Å². The Hall–Kier alpha value is -4.35. The van der Waals surface area contributed by atoms with Crippen molar-refractivity contribution in [2.24, 2.45) is 17.3 Å². The molecule has 10 nitrogen and oxygen atoms in total. The molecule has 8 rings (SSSR count). The molecule has 2 heterocycles. The Kier molecular flexibility index (Phi) is 9.40. The summed E-state index contributed by atoms with van der Waals surface area (Å²) in [6.45, 7) is 13.2. The van der Waals surface area contributed by atoms with E-state index in [1.807, 2.05) is 69.3 Å². The number of nitrogens with zero attached hydrogens (tertiary/aromatic N) is 1. The lowest BCUT2D eigenvalue weighted by atomic mass is 9.43. The van der Waals surface area contributed by atoms with Crippen LogP contribution < -0.4 is 10.1 Å². The molecule has 3 saturated carbocycles. The second kappa shape index (κ2) is 13.6. The number of para-hydroxylation sites is 1. The first-order valence-corrected chi connectivity index (χ1v) is 18.3. The largest absolute Gasteiger partial charge is 0.496 e. The molecule has 2 aliphatic heterocycles. The molecule has 3 aliphatic carbocycles. The molecule has 1 saturated heterocycles. The highest BCUT2D eigenvalue weighted by Gasteiger charge is 2.68. The highest BCUT2D eigenvalue weighted by molar-refractivity contribution is 6.48. The summed E-state index contributed by atoms with van der Waals surface area (Å²) in [6, 6.07) is 20.4. The van der Waals surface area contributed by atoms with Crippen LogP contribution in [0.2, 0.25) is 0 Å². The number of ether oxygens (including phenoxy) is 3. The number of benzene rings is 3. The predicted octanol–water partition coefficient (Wildman–Crippen LogP) is 6.91. The van der Waals surface area contributed by atoms with E-state index < -0.39 is 36.3 Å². The van der Waals surface area contributed by atoms with Gasteiger partial charge < -0.3 is 28.8 Å². The zero-order valence-electron chi connectivity index (χ0n) is 31.2. The van der Waals surface area contributed by atoms with Crippen LogP contribution in [0.4, 0.5) is 4.79 Å². The molecule has 5 atom stereocenters. The molecule has 2 amide bonds. The number of amides is 2. The summed E-state index contributed by atoms with van der Waals surface area (Å²) in [5, 5.41) is 3.24. The predicted molar refractivity (Wildman–Crippen MR) is 196 cm³/mol. The van der Waals surface area contributed by atoms with Crippen LogP contribution in [0.1, 0.15) is 97.4 Å². The Morgan fingerprint density at radius 3 is 2.44 bits per heavy atom. The van der Waals surface area contributed by atoms with Crippen molar-refractivity contribution in [1.29, 1.82) is 0 Å². The molecule has 0 spiro atoms. The number of fused-ring (bicyclic) bond motifs is 1. The number of nitrogens with one attached hydrogen (secondary N) is 1. The van der Waals surface area contributed by atoms with Crippen molar-refractivity contribution < 1.29 is 37.9 Å². The molecule has 0 radical (unpaired) electrons. The Morgan fingerprint density at radius 1 is 0.981 bits per heavy atom. The third-order valence-electron chi connectivity index (χ3n) is 11.6. The van der Waals surface area contributed by atoms with Gasteiger partial charge in [0.25, 0.3) is 5.91 Å². The van der Waals surface area contributed by atoms with Gasteiger partial charge in [-0.15, -0.1) is 0 Å². The molecule has 5 aliphatic rings. The van der Waals surface area contributed by atoms with E-state index in [2.05, 4.69) is 26.1 Å². The first-order valence-electron chi connectivity index (χ1n) is 18.3. The van der Waals surface area contributed by atoms with Crippen LogP contribution in [0.15, 0.2) is 66.7 Å². The van der Waals surface area contributed by atoms with Crippen LogP contribution in [0.3, 0.4) is 0 Å². The lowest BCUT2D eigenvalue weighted by Gasteiger charge is -2.64. The molecule has 3 aromatic carbocycles. The second-order valence-electron chi connectivity index (χ2n) is 16.5. The average Bonchev–Trinajstić information content (AvgIpc) is 3.70. The maximum absolute atomic E-state index is 14.1. The van der Waals surface area contributed by atoms with Crippen molar-refractivity contribution in [1.82, 2.24) is 10.2 Å². The first-order chi connectivity index (χ1) is 24.7. The van der Waals surface area contributed by atoms with Gasteiger partial charge in [0.2, 0.25) is 0 Å². The third kappa shape index (κ3) is 6.81. The molecule has 274 valence electrons. The van der Waals surface area contributed by atoms with Gasteiger partial charge in [0.05, 0.1) is 24.8 Å². The summed E-state index contributed by atoms with van der Waals surface area (Å²) in [4.78, 5) is 41.9. The Bertz CT molecular complexity index is 1860. The smallest absolute Gasteiger partial charge is 0.482 e. The van der Waals surface area contributed by atoms with Crippen molar-refractivity contribution in [2.75, 3.05) is 7.11 Å². The molecule has 4 unspecified atom stereocenters. The maximum Gasteiger partial charge on any atom is 0.482 e. The summed E-state index contributed by atoms with van der Waals surface area (Å²) in [7, 11) is 0.798. The molecule has 2 bridgehead atoms. The minimum atomic E-state index is -0.728. The Morgan fingerprint density at radius 2 is 1.73 bits per heavy atom. The van der Waals surface area contributed by atoms with Gasteiger partial charge in [0.15, 0.2) is 0 Å².